The van der Waals surface area contributed by atoms with Crippen molar-refractivity contribution in [3.05, 3.63) is 71.2 Å². The maximum Gasteiger partial charge on any atom is 0.108 e. The SMILES string of the molecule is [2H]c1c([2H])c([2H])c(C([2H])(OCCN(C)C)c2ccccc2)c(C([2H])([2H])[2H])c1[2H]. The third kappa shape index (κ3) is 3.92. The van der Waals surface area contributed by atoms with Crippen molar-refractivity contribution in [2.45, 2.75) is 12.9 Å². The molecule has 0 aromatic heterocycles. The zero-order valence-corrected chi connectivity index (χ0v) is 11.7. The van der Waals surface area contributed by atoms with Crippen LogP contribution in [0, 0.1) is 6.85 Å². The monoisotopic (exact) mass is 277 g/mol. The molecule has 0 N–H and O–H groups in total. The largest absolute Gasteiger partial charge is 0.367 e. The van der Waals surface area contributed by atoms with Gasteiger partial charge in [-0.05, 0) is 37.6 Å². The molecule has 2 heteroatoms. The van der Waals surface area contributed by atoms with E-state index in [1.165, 1.54) is 0 Å². The summed E-state index contributed by atoms with van der Waals surface area (Å²) in [6, 6.07) is 5.69. The predicted molar refractivity (Wildman–Crippen MR) is 84.0 cm³/mol. The molecule has 0 heterocycles. The Labute approximate surface area is 133 Å². The molecule has 1 unspecified atom stereocenters. The number of rotatable bonds is 6. The molecule has 0 saturated heterocycles. The summed E-state index contributed by atoms with van der Waals surface area (Å²) < 4.78 is 70.7. The molecule has 2 nitrogen and oxygen atoms in total. The zero-order valence-electron chi connectivity index (χ0n) is 19.7. The van der Waals surface area contributed by atoms with E-state index < -0.39 is 42.7 Å². The number of hydrogen-bond acceptors (Lipinski definition) is 2. The molecule has 0 amide bonds. The Morgan fingerprint density at radius 1 is 1.25 bits per heavy atom. The van der Waals surface area contributed by atoms with Gasteiger partial charge in [0.1, 0.15) is 6.08 Å². The van der Waals surface area contributed by atoms with Crippen molar-refractivity contribution in [1.29, 1.82) is 0 Å². The van der Waals surface area contributed by atoms with E-state index in [2.05, 4.69) is 0 Å². The van der Waals surface area contributed by atoms with Crippen molar-refractivity contribution >= 4 is 0 Å². The fourth-order valence-corrected chi connectivity index (χ4v) is 1.70. The minimum absolute atomic E-state index is 0.0641. The average molecular weight is 277 g/mol. The Kier molecular flexibility index (Phi) is 2.67. The molecule has 0 aliphatic rings. The van der Waals surface area contributed by atoms with Crippen LogP contribution in [0.1, 0.15) is 33.7 Å². The second-order valence-corrected chi connectivity index (χ2v) is 4.60. The zero-order chi connectivity index (χ0) is 21.3. The highest BCUT2D eigenvalue weighted by atomic mass is 16.5. The van der Waals surface area contributed by atoms with E-state index in [0.717, 1.165) is 0 Å². The maximum atomic E-state index is 9.03. The lowest BCUT2D eigenvalue weighted by atomic mass is 9.97. The summed E-state index contributed by atoms with van der Waals surface area (Å²) in [5.74, 6) is 0. The molecule has 2 aromatic carbocycles. The topological polar surface area (TPSA) is 12.5 Å². The minimum atomic E-state index is -2.85. The van der Waals surface area contributed by atoms with Gasteiger partial charge in [0.2, 0.25) is 0 Å². The molecule has 0 fully saturated rings. The van der Waals surface area contributed by atoms with Crippen LogP contribution in [0.3, 0.4) is 0 Å². The molecule has 1 atom stereocenters. The lowest BCUT2D eigenvalue weighted by Gasteiger charge is -2.22. The van der Waals surface area contributed by atoms with E-state index in [1.54, 1.807) is 30.3 Å². The Morgan fingerprint density at radius 3 is 2.70 bits per heavy atom. The van der Waals surface area contributed by atoms with Gasteiger partial charge in [0.15, 0.2) is 0 Å². The first-order valence-electron chi connectivity index (χ1n) is 10.4. The van der Waals surface area contributed by atoms with E-state index in [-0.39, 0.29) is 17.7 Å². The molecule has 0 aliphatic heterocycles. The van der Waals surface area contributed by atoms with Crippen molar-refractivity contribution in [3.63, 3.8) is 0 Å². The van der Waals surface area contributed by atoms with Gasteiger partial charge in [0.25, 0.3) is 0 Å². The van der Waals surface area contributed by atoms with Crippen molar-refractivity contribution in [1.82, 2.24) is 4.90 Å². The molecule has 0 radical (unpaired) electrons. The fourth-order valence-electron chi connectivity index (χ4n) is 1.70. The van der Waals surface area contributed by atoms with Crippen molar-refractivity contribution in [3.8, 4) is 0 Å². The molecular weight excluding hydrogens is 246 g/mol. The third-order valence-electron chi connectivity index (χ3n) is 2.74. The van der Waals surface area contributed by atoms with Crippen LogP contribution in [0.2, 0.25) is 0 Å². The van der Waals surface area contributed by atoms with Crippen LogP contribution in [0.4, 0.5) is 0 Å². The quantitative estimate of drug-likeness (QED) is 0.799. The predicted octanol–water partition coefficient (Wildman–Crippen LogP) is 3.66. The standard InChI is InChI=1S/C18H23NO/c1-15-9-7-8-12-17(15)18(20-14-13-19(2)3)16-10-5-4-6-11-16/h4-12,18H,13-14H2,1-3H3/i1D3,7D,8D,9D,12D,18D. The normalized spacial score (nSPS) is 20.6. The third-order valence-corrected chi connectivity index (χ3v) is 2.74. The van der Waals surface area contributed by atoms with Crippen molar-refractivity contribution in [2.24, 2.45) is 0 Å². The number of benzene rings is 2. The minimum Gasteiger partial charge on any atom is -0.367 e. The first-order valence-corrected chi connectivity index (χ1v) is 6.36. The highest BCUT2D eigenvalue weighted by Crippen LogP contribution is 2.28. The highest BCUT2D eigenvalue weighted by Gasteiger charge is 2.16. The lowest BCUT2D eigenvalue weighted by molar-refractivity contribution is 0.0683. The molecule has 2 aromatic rings. The Bertz CT molecular complexity index is 838. The van der Waals surface area contributed by atoms with E-state index in [9.17, 15) is 0 Å². The summed E-state index contributed by atoms with van der Waals surface area (Å²) >= 11 is 0. The molecule has 0 saturated carbocycles. The molecule has 0 aliphatic carbocycles. The van der Waals surface area contributed by atoms with Gasteiger partial charge < -0.3 is 9.64 Å². The van der Waals surface area contributed by atoms with Gasteiger partial charge in [-0.2, -0.15) is 0 Å². The molecule has 20 heavy (non-hydrogen) atoms. The Balaban J connectivity index is 2.83. The van der Waals surface area contributed by atoms with Gasteiger partial charge in [-0.15, -0.1) is 0 Å². The van der Waals surface area contributed by atoms with Crippen LogP contribution in [0.15, 0.2) is 54.5 Å². The first kappa shape index (κ1) is 7.39. The molecule has 0 bridgehead atoms. The van der Waals surface area contributed by atoms with Crippen molar-refractivity contribution < 1.29 is 15.7 Å². The number of likely N-dealkylation sites (N-methyl/N-ethyl adjacent to an activating group) is 1. The van der Waals surface area contributed by atoms with Crippen LogP contribution >= 0.6 is 0 Å². The smallest absolute Gasteiger partial charge is 0.108 e. The summed E-state index contributed by atoms with van der Waals surface area (Å²) in [6.45, 7) is -2.34. The van der Waals surface area contributed by atoms with Crippen LogP contribution in [-0.4, -0.2) is 32.1 Å². The van der Waals surface area contributed by atoms with Gasteiger partial charge in [-0.25, -0.2) is 0 Å². The summed E-state index contributed by atoms with van der Waals surface area (Å²) in [7, 11) is 3.64. The van der Waals surface area contributed by atoms with Gasteiger partial charge >= 0.3 is 0 Å². The van der Waals surface area contributed by atoms with Gasteiger partial charge in [-0.1, -0.05) is 54.5 Å². The van der Waals surface area contributed by atoms with E-state index >= 15 is 0 Å². The number of hydrogen-bond donors (Lipinski definition) is 0. The molecule has 2 rings (SSSR count). The lowest BCUT2D eigenvalue weighted by Crippen LogP contribution is -2.20. The molecule has 106 valence electrons. The summed E-state index contributed by atoms with van der Waals surface area (Å²) in [5, 5.41) is 0. The van der Waals surface area contributed by atoms with E-state index in [1.807, 2.05) is 19.0 Å². The van der Waals surface area contributed by atoms with Crippen LogP contribution < -0.4 is 0 Å². The Morgan fingerprint density at radius 2 is 2.00 bits per heavy atom. The number of ether oxygens (including phenoxy) is 1. The summed E-state index contributed by atoms with van der Waals surface area (Å²) in [5.41, 5.74) is -0.699. The maximum absolute atomic E-state index is 9.03. The molecular formula is C18H23NO. The van der Waals surface area contributed by atoms with Crippen LogP contribution in [0.25, 0.3) is 0 Å². The highest BCUT2D eigenvalue weighted by molar-refractivity contribution is 5.35. The second kappa shape index (κ2) is 7.22. The fraction of sp³-hybridized carbons (Fsp3) is 0.333. The van der Waals surface area contributed by atoms with Gasteiger partial charge in [0, 0.05) is 10.7 Å². The van der Waals surface area contributed by atoms with Crippen molar-refractivity contribution in [2.75, 3.05) is 27.2 Å². The van der Waals surface area contributed by atoms with E-state index in [0.29, 0.717) is 6.54 Å². The van der Waals surface area contributed by atoms with Crippen LogP contribution in [0.5, 0.6) is 0 Å². The first-order chi connectivity index (χ1) is 12.9. The Hall–Kier alpha value is -1.64. The average Bonchev–Trinajstić information content (AvgIpc) is 2.62. The van der Waals surface area contributed by atoms with E-state index in [4.69, 9.17) is 15.7 Å². The van der Waals surface area contributed by atoms with Gasteiger partial charge in [-0.3, -0.25) is 0 Å². The van der Waals surface area contributed by atoms with Crippen LogP contribution in [-0.2, 0) is 4.74 Å². The second-order valence-electron chi connectivity index (χ2n) is 4.60. The summed E-state index contributed by atoms with van der Waals surface area (Å²) in [6.07, 6.45) is -2.11. The summed E-state index contributed by atoms with van der Waals surface area (Å²) in [4.78, 5) is 1.83. The van der Waals surface area contributed by atoms with Gasteiger partial charge in [0.05, 0.1) is 13.5 Å². The number of nitrogens with zero attached hydrogens (tertiary/aromatic N) is 1. The molecule has 0 spiro atoms.